The maximum atomic E-state index is 12.7. The van der Waals surface area contributed by atoms with Crippen LogP contribution < -0.4 is 9.47 Å². The summed E-state index contributed by atoms with van der Waals surface area (Å²) in [6.07, 6.45) is 2.19. The standard InChI is InChI=1S/C18H27NO3S/c1-18(2,3)23-12-17(20)19(14-6-7-14)11-13-10-15(21-4)8-9-16(13)22-5/h8-10,14H,6-7,11-12H2,1-5H3. The van der Waals surface area contributed by atoms with Crippen LogP contribution in [0.2, 0.25) is 0 Å². The van der Waals surface area contributed by atoms with Crippen molar-refractivity contribution in [2.24, 2.45) is 0 Å². The fourth-order valence-electron chi connectivity index (χ4n) is 2.36. The summed E-state index contributed by atoms with van der Waals surface area (Å²) in [6.45, 7) is 6.99. The zero-order valence-corrected chi connectivity index (χ0v) is 15.5. The molecule has 0 spiro atoms. The summed E-state index contributed by atoms with van der Waals surface area (Å²) in [5.74, 6) is 2.31. The van der Waals surface area contributed by atoms with Crippen LogP contribution in [0.15, 0.2) is 18.2 Å². The van der Waals surface area contributed by atoms with Crippen molar-refractivity contribution in [3.05, 3.63) is 23.8 Å². The molecular formula is C18H27NO3S. The van der Waals surface area contributed by atoms with Crippen LogP contribution in [0, 0.1) is 0 Å². The maximum absolute atomic E-state index is 12.7. The minimum atomic E-state index is 0.0958. The summed E-state index contributed by atoms with van der Waals surface area (Å²) in [6, 6.07) is 6.10. The van der Waals surface area contributed by atoms with Crippen LogP contribution in [0.4, 0.5) is 0 Å². The number of nitrogens with zero attached hydrogens (tertiary/aromatic N) is 1. The van der Waals surface area contributed by atoms with E-state index in [1.54, 1.807) is 26.0 Å². The van der Waals surface area contributed by atoms with Gasteiger partial charge in [0.15, 0.2) is 0 Å². The number of thioether (sulfide) groups is 1. The van der Waals surface area contributed by atoms with Crippen molar-refractivity contribution in [1.82, 2.24) is 4.90 Å². The van der Waals surface area contributed by atoms with E-state index in [9.17, 15) is 4.79 Å². The summed E-state index contributed by atoms with van der Waals surface area (Å²) in [5.41, 5.74) is 0.993. The van der Waals surface area contributed by atoms with E-state index >= 15 is 0 Å². The Kier molecular flexibility index (Phi) is 5.84. The molecule has 0 bridgehead atoms. The molecule has 1 fully saturated rings. The molecule has 1 amide bonds. The smallest absolute Gasteiger partial charge is 0.233 e. The molecule has 0 aromatic heterocycles. The molecule has 0 atom stereocenters. The van der Waals surface area contributed by atoms with Gasteiger partial charge in [0.25, 0.3) is 0 Å². The van der Waals surface area contributed by atoms with Gasteiger partial charge in [-0.3, -0.25) is 4.79 Å². The van der Waals surface area contributed by atoms with E-state index in [1.165, 1.54) is 0 Å². The first-order valence-electron chi connectivity index (χ1n) is 7.98. The number of amides is 1. The Balaban J connectivity index is 2.12. The van der Waals surface area contributed by atoms with E-state index in [4.69, 9.17) is 9.47 Å². The molecule has 1 saturated carbocycles. The third kappa shape index (κ3) is 5.34. The van der Waals surface area contributed by atoms with E-state index in [0.29, 0.717) is 18.3 Å². The predicted molar refractivity (Wildman–Crippen MR) is 95.3 cm³/mol. The van der Waals surface area contributed by atoms with Gasteiger partial charge in [0.05, 0.1) is 20.0 Å². The molecule has 0 unspecified atom stereocenters. The molecule has 1 aliphatic carbocycles. The summed E-state index contributed by atoms with van der Waals surface area (Å²) < 4.78 is 10.8. The van der Waals surface area contributed by atoms with Gasteiger partial charge in [-0.25, -0.2) is 0 Å². The molecule has 0 aliphatic heterocycles. The van der Waals surface area contributed by atoms with Crippen molar-refractivity contribution in [2.45, 2.75) is 50.9 Å². The first-order chi connectivity index (χ1) is 10.8. The van der Waals surface area contributed by atoms with Gasteiger partial charge in [-0.15, -0.1) is 11.8 Å². The highest BCUT2D eigenvalue weighted by Gasteiger charge is 2.33. The molecule has 1 aliphatic rings. The number of carbonyl (C=O) groups is 1. The second kappa shape index (κ2) is 7.47. The van der Waals surface area contributed by atoms with E-state index in [0.717, 1.165) is 29.9 Å². The van der Waals surface area contributed by atoms with Crippen molar-refractivity contribution in [3.8, 4) is 11.5 Å². The number of methoxy groups -OCH3 is 2. The van der Waals surface area contributed by atoms with Gasteiger partial charge in [-0.2, -0.15) is 0 Å². The minimum Gasteiger partial charge on any atom is -0.497 e. The second-order valence-corrected chi connectivity index (χ2v) is 8.63. The summed E-state index contributed by atoms with van der Waals surface area (Å²) in [7, 11) is 3.30. The van der Waals surface area contributed by atoms with Crippen molar-refractivity contribution >= 4 is 17.7 Å². The van der Waals surface area contributed by atoms with Crippen LogP contribution in [0.3, 0.4) is 0 Å². The van der Waals surface area contributed by atoms with Gasteiger partial charge in [-0.1, -0.05) is 20.8 Å². The van der Waals surface area contributed by atoms with Crippen molar-refractivity contribution < 1.29 is 14.3 Å². The summed E-state index contributed by atoms with van der Waals surface area (Å²) in [4.78, 5) is 14.7. The van der Waals surface area contributed by atoms with Crippen LogP contribution in [-0.4, -0.2) is 41.6 Å². The minimum absolute atomic E-state index is 0.0958. The Bertz CT molecular complexity index is 550. The van der Waals surface area contributed by atoms with Crippen LogP contribution >= 0.6 is 11.8 Å². The normalized spacial score (nSPS) is 14.5. The number of hydrogen-bond donors (Lipinski definition) is 0. The number of ether oxygens (including phenoxy) is 2. The van der Waals surface area contributed by atoms with Crippen molar-refractivity contribution in [3.63, 3.8) is 0 Å². The largest absolute Gasteiger partial charge is 0.497 e. The molecule has 0 radical (unpaired) electrons. The third-order valence-electron chi connectivity index (χ3n) is 3.76. The molecule has 4 nitrogen and oxygen atoms in total. The average Bonchev–Trinajstić information content (AvgIpc) is 3.34. The Labute approximate surface area is 143 Å². The zero-order valence-electron chi connectivity index (χ0n) is 14.7. The molecule has 1 aromatic carbocycles. The topological polar surface area (TPSA) is 38.8 Å². The Hall–Kier alpha value is -1.36. The highest BCUT2D eigenvalue weighted by atomic mass is 32.2. The lowest BCUT2D eigenvalue weighted by Crippen LogP contribution is -2.35. The van der Waals surface area contributed by atoms with Crippen LogP contribution in [0.1, 0.15) is 39.2 Å². The number of hydrogen-bond acceptors (Lipinski definition) is 4. The van der Waals surface area contributed by atoms with Crippen molar-refractivity contribution in [1.29, 1.82) is 0 Å². The molecule has 0 N–H and O–H groups in total. The third-order valence-corrected chi connectivity index (χ3v) is 5.02. The molecule has 2 rings (SSSR count). The lowest BCUT2D eigenvalue weighted by molar-refractivity contribution is -0.129. The SMILES string of the molecule is COc1ccc(OC)c(CN(C(=O)CSC(C)(C)C)C2CC2)c1. The van der Waals surface area contributed by atoms with E-state index < -0.39 is 0 Å². The van der Waals surface area contributed by atoms with Gasteiger partial charge in [-0.05, 0) is 31.0 Å². The Morgan fingerprint density at radius 3 is 2.48 bits per heavy atom. The highest BCUT2D eigenvalue weighted by Crippen LogP contribution is 2.33. The second-order valence-electron chi connectivity index (χ2n) is 6.83. The molecule has 0 heterocycles. The number of benzene rings is 1. The molecule has 128 valence electrons. The first-order valence-corrected chi connectivity index (χ1v) is 8.97. The number of rotatable bonds is 7. The van der Waals surface area contributed by atoms with Crippen molar-refractivity contribution in [2.75, 3.05) is 20.0 Å². The molecular weight excluding hydrogens is 310 g/mol. The van der Waals surface area contributed by atoms with Gasteiger partial charge in [0.1, 0.15) is 11.5 Å². The van der Waals surface area contributed by atoms with Crippen LogP contribution in [0.5, 0.6) is 11.5 Å². The fraction of sp³-hybridized carbons (Fsp3) is 0.611. The van der Waals surface area contributed by atoms with E-state index in [1.807, 2.05) is 23.1 Å². The maximum Gasteiger partial charge on any atom is 0.233 e. The zero-order chi connectivity index (χ0) is 17.0. The van der Waals surface area contributed by atoms with Crippen LogP contribution in [0.25, 0.3) is 0 Å². The van der Waals surface area contributed by atoms with Gasteiger partial charge < -0.3 is 14.4 Å². The molecule has 1 aromatic rings. The Morgan fingerprint density at radius 2 is 1.96 bits per heavy atom. The summed E-state index contributed by atoms with van der Waals surface area (Å²) in [5, 5.41) is 0. The van der Waals surface area contributed by atoms with Gasteiger partial charge >= 0.3 is 0 Å². The number of carbonyl (C=O) groups excluding carboxylic acids is 1. The predicted octanol–water partition coefficient (Wildman–Crippen LogP) is 3.73. The molecule has 23 heavy (non-hydrogen) atoms. The summed E-state index contributed by atoms with van der Waals surface area (Å²) >= 11 is 1.70. The Morgan fingerprint density at radius 1 is 1.26 bits per heavy atom. The lowest BCUT2D eigenvalue weighted by Gasteiger charge is -2.25. The molecule has 0 saturated heterocycles. The first kappa shape index (κ1) is 18.0. The highest BCUT2D eigenvalue weighted by molar-refractivity contribution is 8.01. The lowest BCUT2D eigenvalue weighted by atomic mass is 10.1. The van der Waals surface area contributed by atoms with E-state index in [2.05, 4.69) is 20.8 Å². The average molecular weight is 337 g/mol. The quantitative estimate of drug-likeness (QED) is 0.760. The monoisotopic (exact) mass is 337 g/mol. The van der Waals surface area contributed by atoms with E-state index in [-0.39, 0.29) is 10.7 Å². The fourth-order valence-corrected chi connectivity index (χ4v) is 3.08. The van der Waals surface area contributed by atoms with Gasteiger partial charge in [0, 0.05) is 22.9 Å². The van der Waals surface area contributed by atoms with Crippen LogP contribution in [-0.2, 0) is 11.3 Å². The van der Waals surface area contributed by atoms with Gasteiger partial charge in [0.2, 0.25) is 5.91 Å². The molecule has 5 heteroatoms.